The fourth-order valence-electron chi connectivity index (χ4n) is 2.18. The molecule has 3 nitrogen and oxygen atoms in total. The zero-order chi connectivity index (χ0) is 13.2. The second-order valence-electron chi connectivity index (χ2n) is 4.46. The number of halogens is 2. The molecule has 0 amide bonds. The smallest absolute Gasteiger partial charge is 0.159 e. The van der Waals surface area contributed by atoms with Gasteiger partial charge in [-0.3, -0.25) is 0 Å². The van der Waals surface area contributed by atoms with Crippen LogP contribution in [0.1, 0.15) is 24.5 Å². The number of ether oxygens (including phenoxy) is 1. The Balaban J connectivity index is 2.31. The summed E-state index contributed by atoms with van der Waals surface area (Å²) in [5, 5.41) is 19.5. The van der Waals surface area contributed by atoms with Crippen LogP contribution >= 0.6 is 0 Å². The molecule has 1 N–H and O–H groups in total. The molecule has 1 aromatic rings. The van der Waals surface area contributed by atoms with E-state index in [-0.39, 0.29) is 5.56 Å². The Bertz CT molecular complexity index is 478. The van der Waals surface area contributed by atoms with Gasteiger partial charge in [-0.2, -0.15) is 5.26 Å². The molecule has 18 heavy (non-hydrogen) atoms. The third kappa shape index (κ3) is 2.22. The van der Waals surface area contributed by atoms with Crippen molar-refractivity contribution < 1.29 is 18.6 Å². The van der Waals surface area contributed by atoms with Crippen LogP contribution < -0.4 is 0 Å². The molecule has 0 saturated carbocycles. The molecule has 0 spiro atoms. The Hall–Kier alpha value is -1.51. The van der Waals surface area contributed by atoms with Gasteiger partial charge in [0.1, 0.15) is 0 Å². The Kier molecular flexibility index (Phi) is 3.60. The number of aliphatic hydroxyl groups excluding tert-OH is 1. The van der Waals surface area contributed by atoms with Crippen LogP contribution in [0.2, 0.25) is 0 Å². The summed E-state index contributed by atoms with van der Waals surface area (Å²) in [5.41, 5.74) is -0.764. The van der Waals surface area contributed by atoms with Gasteiger partial charge in [0.15, 0.2) is 11.6 Å². The summed E-state index contributed by atoms with van der Waals surface area (Å²) in [6.45, 7) is 0.766. The van der Waals surface area contributed by atoms with Crippen molar-refractivity contribution in [2.75, 3.05) is 13.2 Å². The van der Waals surface area contributed by atoms with Crippen molar-refractivity contribution in [1.82, 2.24) is 0 Å². The standard InChI is InChI=1S/C13H13F2NO2/c14-10-2-1-9(7-11(10)15)12(17)13(8-16)3-5-18-6-4-13/h1-2,7,12,17H,3-6H2. The van der Waals surface area contributed by atoms with Crippen LogP contribution in [0.3, 0.4) is 0 Å². The quantitative estimate of drug-likeness (QED) is 0.880. The molecule has 1 unspecified atom stereocenters. The largest absolute Gasteiger partial charge is 0.387 e. The van der Waals surface area contributed by atoms with Crippen molar-refractivity contribution in [3.63, 3.8) is 0 Å². The van der Waals surface area contributed by atoms with E-state index in [2.05, 4.69) is 6.07 Å². The van der Waals surface area contributed by atoms with Gasteiger partial charge in [0.25, 0.3) is 0 Å². The van der Waals surface area contributed by atoms with Crippen molar-refractivity contribution in [2.24, 2.45) is 5.41 Å². The van der Waals surface area contributed by atoms with E-state index in [1.807, 2.05) is 0 Å². The van der Waals surface area contributed by atoms with Crippen LogP contribution in [0.25, 0.3) is 0 Å². The summed E-state index contributed by atoms with van der Waals surface area (Å²) in [6.07, 6.45) is -0.380. The fraction of sp³-hybridized carbons (Fsp3) is 0.462. The molecule has 1 aliphatic heterocycles. The number of hydrogen-bond acceptors (Lipinski definition) is 3. The van der Waals surface area contributed by atoms with E-state index < -0.39 is 23.2 Å². The summed E-state index contributed by atoms with van der Waals surface area (Å²) in [4.78, 5) is 0. The minimum Gasteiger partial charge on any atom is -0.387 e. The van der Waals surface area contributed by atoms with Gasteiger partial charge < -0.3 is 9.84 Å². The van der Waals surface area contributed by atoms with Crippen LogP contribution in [0.4, 0.5) is 8.78 Å². The number of nitriles is 1. The monoisotopic (exact) mass is 253 g/mol. The molecule has 5 heteroatoms. The number of hydrogen-bond donors (Lipinski definition) is 1. The summed E-state index contributed by atoms with van der Waals surface area (Å²) in [6, 6.07) is 5.30. The van der Waals surface area contributed by atoms with E-state index in [0.717, 1.165) is 12.1 Å². The number of aliphatic hydroxyl groups is 1. The lowest BCUT2D eigenvalue weighted by atomic mass is 9.74. The highest BCUT2D eigenvalue weighted by Crippen LogP contribution is 2.42. The van der Waals surface area contributed by atoms with E-state index in [0.29, 0.717) is 26.1 Å². The van der Waals surface area contributed by atoms with Crippen molar-refractivity contribution in [3.8, 4) is 6.07 Å². The Morgan fingerprint density at radius 2 is 1.94 bits per heavy atom. The zero-order valence-electron chi connectivity index (χ0n) is 9.70. The van der Waals surface area contributed by atoms with E-state index in [4.69, 9.17) is 4.74 Å². The molecule has 1 aliphatic rings. The molecule has 96 valence electrons. The maximum atomic E-state index is 13.1. The topological polar surface area (TPSA) is 53.2 Å². The molecule has 1 atom stereocenters. The second-order valence-corrected chi connectivity index (χ2v) is 4.46. The van der Waals surface area contributed by atoms with Crippen LogP contribution in [0.15, 0.2) is 18.2 Å². The maximum Gasteiger partial charge on any atom is 0.159 e. The fourth-order valence-corrected chi connectivity index (χ4v) is 2.18. The van der Waals surface area contributed by atoms with Gasteiger partial charge in [0, 0.05) is 13.2 Å². The molecule has 0 aromatic heterocycles. The number of rotatable bonds is 2. The highest BCUT2D eigenvalue weighted by atomic mass is 19.2. The second kappa shape index (κ2) is 5.01. The third-order valence-electron chi connectivity index (χ3n) is 3.39. The Labute approximate surface area is 104 Å². The van der Waals surface area contributed by atoms with Crippen molar-refractivity contribution in [3.05, 3.63) is 35.4 Å². The first-order chi connectivity index (χ1) is 8.59. The van der Waals surface area contributed by atoms with Crippen LogP contribution in [0, 0.1) is 28.4 Å². The predicted octanol–water partition coefficient (Wildman–Crippen LogP) is 2.32. The van der Waals surface area contributed by atoms with Crippen LogP contribution in [-0.2, 0) is 4.74 Å². The normalized spacial score (nSPS) is 20.1. The Morgan fingerprint density at radius 1 is 1.28 bits per heavy atom. The van der Waals surface area contributed by atoms with Gasteiger partial charge in [-0.25, -0.2) is 8.78 Å². The summed E-state index contributed by atoms with van der Waals surface area (Å²) in [7, 11) is 0. The highest BCUT2D eigenvalue weighted by Gasteiger charge is 2.41. The summed E-state index contributed by atoms with van der Waals surface area (Å²) >= 11 is 0. The van der Waals surface area contributed by atoms with E-state index in [1.165, 1.54) is 6.07 Å². The predicted molar refractivity (Wildman–Crippen MR) is 59.4 cm³/mol. The van der Waals surface area contributed by atoms with Crippen molar-refractivity contribution in [1.29, 1.82) is 5.26 Å². The van der Waals surface area contributed by atoms with Crippen molar-refractivity contribution >= 4 is 0 Å². The molecule has 2 rings (SSSR count). The van der Waals surface area contributed by atoms with Crippen molar-refractivity contribution in [2.45, 2.75) is 18.9 Å². The highest BCUT2D eigenvalue weighted by molar-refractivity contribution is 5.24. The zero-order valence-corrected chi connectivity index (χ0v) is 9.70. The van der Waals surface area contributed by atoms with Gasteiger partial charge in [0.2, 0.25) is 0 Å². The molecule has 1 heterocycles. The van der Waals surface area contributed by atoms with Gasteiger partial charge in [-0.15, -0.1) is 0 Å². The summed E-state index contributed by atoms with van der Waals surface area (Å²) in [5.74, 6) is -1.99. The number of benzene rings is 1. The molecule has 1 saturated heterocycles. The first kappa shape index (κ1) is 12.9. The lowest BCUT2D eigenvalue weighted by Crippen LogP contribution is -2.34. The number of nitrogens with zero attached hydrogens (tertiary/aromatic N) is 1. The van der Waals surface area contributed by atoms with E-state index in [1.54, 1.807) is 0 Å². The van der Waals surface area contributed by atoms with Gasteiger partial charge in [0.05, 0.1) is 17.6 Å². The SMILES string of the molecule is N#CC1(C(O)c2ccc(F)c(F)c2)CCOCC1. The minimum atomic E-state index is -1.14. The lowest BCUT2D eigenvalue weighted by molar-refractivity contribution is -0.0311. The Morgan fingerprint density at radius 3 is 2.50 bits per heavy atom. The molecule has 0 aliphatic carbocycles. The third-order valence-corrected chi connectivity index (χ3v) is 3.39. The average Bonchev–Trinajstić information content (AvgIpc) is 2.42. The van der Waals surface area contributed by atoms with E-state index in [9.17, 15) is 19.1 Å². The first-order valence-corrected chi connectivity index (χ1v) is 5.71. The molecular formula is C13H13F2NO2. The lowest BCUT2D eigenvalue weighted by Gasteiger charge is -2.35. The van der Waals surface area contributed by atoms with E-state index >= 15 is 0 Å². The first-order valence-electron chi connectivity index (χ1n) is 5.71. The van der Waals surface area contributed by atoms with Gasteiger partial charge >= 0.3 is 0 Å². The maximum absolute atomic E-state index is 13.1. The molecular weight excluding hydrogens is 240 g/mol. The molecule has 0 radical (unpaired) electrons. The van der Waals surface area contributed by atoms with Crippen LogP contribution in [-0.4, -0.2) is 18.3 Å². The molecule has 1 aromatic carbocycles. The van der Waals surface area contributed by atoms with Gasteiger partial charge in [-0.05, 0) is 30.5 Å². The van der Waals surface area contributed by atoms with Gasteiger partial charge in [-0.1, -0.05) is 6.07 Å². The van der Waals surface area contributed by atoms with Crippen LogP contribution in [0.5, 0.6) is 0 Å². The minimum absolute atomic E-state index is 0.220. The summed E-state index contributed by atoms with van der Waals surface area (Å²) < 4.78 is 31.1. The average molecular weight is 253 g/mol. The molecule has 0 bridgehead atoms. The molecule has 1 fully saturated rings.